The molecule has 0 aliphatic rings. The van der Waals surface area contributed by atoms with E-state index in [-0.39, 0.29) is 0 Å². The van der Waals surface area contributed by atoms with Crippen molar-refractivity contribution in [2.75, 3.05) is 0 Å². The van der Waals surface area contributed by atoms with Crippen LogP contribution in [0.2, 0.25) is 9.51 Å². The molecular weight excluding hydrogens is 259 g/mol. The van der Waals surface area contributed by atoms with Gasteiger partial charge in [0.1, 0.15) is 0 Å². The van der Waals surface area contributed by atoms with Gasteiger partial charge in [-0.25, -0.2) is 0 Å². The SMILES string of the molecule is C[C](C)(C)[In]([C](C)(C)C)[C](C)(C)C. The summed E-state index contributed by atoms with van der Waals surface area (Å²) in [6, 6.07) is 0. The zero-order valence-electron chi connectivity index (χ0n) is 11.1. The van der Waals surface area contributed by atoms with E-state index < -0.39 is 21.4 Å². The second kappa shape index (κ2) is 3.79. The van der Waals surface area contributed by atoms with Gasteiger partial charge < -0.3 is 0 Å². The summed E-state index contributed by atoms with van der Waals surface area (Å²) in [5.41, 5.74) is 0. The monoisotopic (exact) mass is 286 g/mol. The van der Waals surface area contributed by atoms with Gasteiger partial charge in [-0.2, -0.15) is 0 Å². The Kier molecular flexibility index (Phi) is 4.05. The molecule has 0 saturated carbocycles. The minimum atomic E-state index is -1.58. The van der Waals surface area contributed by atoms with E-state index in [9.17, 15) is 0 Å². The Balaban J connectivity index is 5.02. The molecule has 0 atom stereocenters. The van der Waals surface area contributed by atoms with Crippen molar-refractivity contribution in [3.63, 3.8) is 0 Å². The van der Waals surface area contributed by atoms with Gasteiger partial charge >= 0.3 is 93.3 Å². The normalized spacial score (nSPS) is 14.5. The van der Waals surface area contributed by atoms with Crippen molar-refractivity contribution in [2.45, 2.75) is 71.8 Å². The molecule has 78 valence electrons. The molecule has 0 heterocycles. The van der Waals surface area contributed by atoms with Crippen LogP contribution in [-0.4, -0.2) is 21.4 Å². The van der Waals surface area contributed by atoms with Gasteiger partial charge in [0.05, 0.1) is 0 Å². The Morgan fingerprint density at radius 1 is 0.462 bits per heavy atom. The first-order valence-electron chi connectivity index (χ1n) is 5.37. The van der Waals surface area contributed by atoms with Gasteiger partial charge in [0.25, 0.3) is 0 Å². The van der Waals surface area contributed by atoms with Gasteiger partial charge in [-0.3, -0.25) is 0 Å². The van der Waals surface area contributed by atoms with Gasteiger partial charge in [-0.15, -0.1) is 0 Å². The first-order chi connectivity index (χ1) is 5.37. The fraction of sp³-hybridized carbons (Fsp3) is 1.00. The predicted octanol–water partition coefficient (Wildman–Crippen LogP) is 4.88. The Labute approximate surface area is 93.0 Å². The van der Waals surface area contributed by atoms with Crippen molar-refractivity contribution in [1.29, 1.82) is 0 Å². The zero-order valence-corrected chi connectivity index (χ0v) is 14.4. The van der Waals surface area contributed by atoms with Gasteiger partial charge in [-0.05, 0) is 0 Å². The molecule has 0 amide bonds. The van der Waals surface area contributed by atoms with Crippen molar-refractivity contribution >= 4 is 21.4 Å². The van der Waals surface area contributed by atoms with Crippen LogP contribution in [0.15, 0.2) is 0 Å². The molecule has 13 heavy (non-hydrogen) atoms. The Hall–Kier alpha value is 0.870. The standard InChI is InChI=1S/3C4H9.In/c3*1-4(2)3;/h3*1-3H3;. The topological polar surface area (TPSA) is 0 Å². The van der Waals surface area contributed by atoms with E-state index in [4.69, 9.17) is 0 Å². The summed E-state index contributed by atoms with van der Waals surface area (Å²) in [4.78, 5) is 0. The van der Waals surface area contributed by atoms with Gasteiger partial charge in [0.15, 0.2) is 0 Å². The summed E-state index contributed by atoms with van der Waals surface area (Å²) >= 11 is -1.58. The summed E-state index contributed by atoms with van der Waals surface area (Å²) in [5.74, 6) is 0. The minimum absolute atomic E-state index is 0.595. The molecule has 0 spiro atoms. The Bertz CT molecular complexity index is 128. The zero-order chi connectivity index (χ0) is 11.1. The summed E-state index contributed by atoms with van der Waals surface area (Å²) in [5, 5.41) is 0. The first kappa shape index (κ1) is 13.9. The van der Waals surface area contributed by atoms with Crippen LogP contribution in [0.4, 0.5) is 0 Å². The fourth-order valence-electron chi connectivity index (χ4n) is 3.90. The van der Waals surface area contributed by atoms with Crippen LogP contribution in [0.1, 0.15) is 62.3 Å². The molecule has 0 aromatic heterocycles. The molecule has 0 aromatic carbocycles. The third kappa shape index (κ3) is 4.27. The van der Waals surface area contributed by atoms with Gasteiger partial charge in [-0.1, -0.05) is 0 Å². The van der Waals surface area contributed by atoms with E-state index in [1.807, 2.05) is 0 Å². The molecular formula is C12H27In. The van der Waals surface area contributed by atoms with E-state index in [0.717, 1.165) is 0 Å². The van der Waals surface area contributed by atoms with Crippen LogP contribution in [0.5, 0.6) is 0 Å². The molecule has 0 saturated heterocycles. The number of hydrogen-bond acceptors (Lipinski definition) is 0. The quantitative estimate of drug-likeness (QED) is 0.595. The summed E-state index contributed by atoms with van der Waals surface area (Å²) in [6.07, 6.45) is 0. The van der Waals surface area contributed by atoms with Crippen molar-refractivity contribution in [1.82, 2.24) is 0 Å². The maximum atomic E-state index is 2.45. The van der Waals surface area contributed by atoms with Crippen molar-refractivity contribution in [3.8, 4) is 0 Å². The average molecular weight is 286 g/mol. The van der Waals surface area contributed by atoms with E-state index in [2.05, 4.69) is 62.3 Å². The molecule has 0 unspecified atom stereocenters. The second-order valence-corrected chi connectivity index (χ2v) is 24.8. The van der Waals surface area contributed by atoms with Crippen molar-refractivity contribution < 1.29 is 0 Å². The summed E-state index contributed by atoms with van der Waals surface area (Å²) < 4.78 is 1.79. The third-order valence-electron chi connectivity index (χ3n) is 2.60. The molecule has 0 radical (unpaired) electrons. The van der Waals surface area contributed by atoms with E-state index in [1.54, 1.807) is 0 Å². The molecule has 0 aliphatic heterocycles. The van der Waals surface area contributed by atoms with Crippen LogP contribution in [-0.2, 0) is 0 Å². The number of hydrogen-bond donors (Lipinski definition) is 0. The van der Waals surface area contributed by atoms with Crippen molar-refractivity contribution in [3.05, 3.63) is 0 Å². The van der Waals surface area contributed by atoms with Crippen LogP contribution < -0.4 is 0 Å². The summed E-state index contributed by atoms with van der Waals surface area (Å²) in [6.45, 7) is 22.0. The summed E-state index contributed by atoms with van der Waals surface area (Å²) in [7, 11) is 0. The van der Waals surface area contributed by atoms with Crippen LogP contribution in [0, 0.1) is 0 Å². The maximum absolute atomic E-state index is 2.45. The van der Waals surface area contributed by atoms with Crippen LogP contribution >= 0.6 is 0 Å². The molecule has 0 nitrogen and oxygen atoms in total. The fourth-order valence-corrected chi connectivity index (χ4v) is 26.1. The third-order valence-corrected chi connectivity index (χ3v) is 17.4. The van der Waals surface area contributed by atoms with Crippen LogP contribution in [0.25, 0.3) is 0 Å². The Morgan fingerprint density at radius 2 is 0.615 bits per heavy atom. The molecule has 0 rings (SSSR count). The molecule has 0 aliphatic carbocycles. The molecule has 0 fully saturated rings. The van der Waals surface area contributed by atoms with Gasteiger partial charge in [0.2, 0.25) is 0 Å². The predicted molar refractivity (Wildman–Crippen MR) is 64.9 cm³/mol. The molecule has 0 aromatic rings. The van der Waals surface area contributed by atoms with Crippen molar-refractivity contribution in [2.24, 2.45) is 0 Å². The molecule has 0 bridgehead atoms. The molecule has 1 heteroatoms. The Morgan fingerprint density at radius 3 is 0.615 bits per heavy atom. The van der Waals surface area contributed by atoms with Crippen LogP contribution in [0.3, 0.4) is 0 Å². The average Bonchev–Trinajstić information content (AvgIpc) is 1.44. The van der Waals surface area contributed by atoms with E-state index in [1.165, 1.54) is 0 Å². The van der Waals surface area contributed by atoms with E-state index in [0.29, 0.717) is 9.51 Å². The first-order valence-corrected chi connectivity index (χ1v) is 10.3. The van der Waals surface area contributed by atoms with E-state index >= 15 is 0 Å². The molecule has 0 N–H and O–H groups in total. The second-order valence-electron chi connectivity index (χ2n) is 7.53. The van der Waals surface area contributed by atoms with Gasteiger partial charge in [0, 0.05) is 0 Å². The number of rotatable bonds is 0.